The second kappa shape index (κ2) is 7.87. The Balaban J connectivity index is 1.47. The molecule has 3 aromatic rings. The molecule has 1 aliphatic rings. The number of benzene rings is 2. The number of nitrogens with zero attached hydrogens (tertiary/aromatic N) is 4. The van der Waals surface area contributed by atoms with Crippen molar-refractivity contribution >= 4 is 10.9 Å². The maximum absolute atomic E-state index is 9.00. The van der Waals surface area contributed by atoms with Gasteiger partial charge in [-0.2, -0.15) is 5.26 Å². The molecule has 27 heavy (non-hydrogen) atoms. The lowest BCUT2D eigenvalue weighted by Gasteiger charge is -2.34. The van der Waals surface area contributed by atoms with Gasteiger partial charge in [0.2, 0.25) is 0 Å². The van der Waals surface area contributed by atoms with Crippen LogP contribution in [0.4, 0.5) is 0 Å². The van der Waals surface area contributed by atoms with Gasteiger partial charge < -0.3 is 4.90 Å². The zero-order chi connectivity index (χ0) is 18.6. The monoisotopic (exact) mass is 356 g/mol. The molecular weight excluding hydrogens is 332 g/mol. The minimum atomic E-state index is 0.597. The number of likely N-dealkylation sites (N-methyl/N-ethyl adjacent to an activating group) is 1. The molecule has 1 saturated heterocycles. The van der Waals surface area contributed by atoms with E-state index < -0.39 is 0 Å². The first-order valence-electron chi connectivity index (χ1n) is 9.59. The van der Waals surface area contributed by atoms with E-state index in [2.05, 4.69) is 64.2 Å². The fraction of sp³-hybridized carbons (Fsp3) is 0.304. The molecule has 136 valence electrons. The predicted molar refractivity (Wildman–Crippen MR) is 109 cm³/mol. The van der Waals surface area contributed by atoms with Gasteiger partial charge in [-0.05, 0) is 35.4 Å². The molecule has 1 aliphatic heterocycles. The van der Waals surface area contributed by atoms with Crippen molar-refractivity contribution in [3.63, 3.8) is 0 Å². The third-order valence-corrected chi connectivity index (χ3v) is 5.42. The van der Waals surface area contributed by atoms with Crippen LogP contribution in [0, 0.1) is 11.3 Å². The SMILES string of the molecule is CCN1CCN(Cc2ccc(-c3ccc4cc(C#N)cnc4c3)cc2)CC1. The van der Waals surface area contributed by atoms with E-state index in [1.807, 2.05) is 12.1 Å². The Bertz CT molecular complexity index is 964. The maximum Gasteiger partial charge on any atom is 0.101 e. The molecule has 0 unspecified atom stereocenters. The highest BCUT2D eigenvalue weighted by atomic mass is 15.3. The molecule has 0 aliphatic carbocycles. The van der Waals surface area contributed by atoms with Gasteiger partial charge in [0.25, 0.3) is 0 Å². The quantitative estimate of drug-likeness (QED) is 0.711. The van der Waals surface area contributed by atoms with Gasteiger partial charge in [0.1, 0.15) is 6.07 Å². The topological polar surface area (TPSA) is 43.2 Å². The molecule has 0 N–H and O–H groups in total. The average Bonchev–Trinajstić information content (AvgIpc) is 2.74. The summed E-state index contributed by atoms with van der Waals surface area (Å²) in [5, 5.41) is 10.0. The number of nitriles is 1. The van der Waals surface area contributed by atoms with E-state index in [0.29, 0.717) is 5.56 Å². The molecule has 4 rings (SSSR count). The Hall–Kier alpha value is -2.74. The number of hydrogen-bond donors (Lipinski definition) is 0. The first kappa shape index (κ1) is 17.7. The van der Waals surface area contributed by atoms with Gasteiger partial charge in [0.15, 0.2) is 0 Å². The minimum absolute atomic E-state index is 0.597. The highest BCUT2D eigenvalue weighted by molar-refractivity contribution is 5.85. The number of pyridine rings is 1. The fourth-order valence-electron chi connectivity index (χ4n) is 3.69. The second-order valence-electron chi connectivity index (χ2n) is 7.15. The van der Waals surface area contributed by atoms with Crippen molar-refractivity contribution in [2.45, 2.75) is 13.5 Å². The summed E-state index contributed by atoms with van der Waals surface area (Å²) < 4.78 is 0. The summed E-state index contributed by atoms with van der Waals surface area (Å²) in [5.74, 6) is 0. The molecule has 4 heteroatoms. The van der Waals surface area contributed by atoms with Crippen molar-refractivity contribution in [3.8, 4) is 17.2 Å². The molecule has 0 saturated carbocycles. The van der Waals surface area contributed by atoms with Crippen LogP contribution in [0.25, 0.3) is 22.0 Å². The molecule has 0 amide bonds. The van der Waals surface area contributed by atoms with Crippen molar-refractivity contribution < 1.29 is 0 Å². The summed E-state index contributed by atoms with van der Waals surface area (Å²) >= 11 is 0. The van der Waals surface area contributed by atoms with Crippen LogP contribution >= 0.6 is 0 Å². The zero-order valence-electron chi connectivity index (χ0n) is 15.7. The Morgan fingerprint density at radius 1 is 0.926 bits per heavy atom. The highest BCUT2D eigenvalue weighted by Gasteiger charge is 2.15. The zero-order valence-corrected chi connectivity index (χ0v) is 15.7. The Morgan fingerprint density at radius 2 is 1.63 bits per heavy atom. The summed E-state index contributed by atoms with van der Waals surface area (Å²) in [6.45, 7) is 9.06. The molecule has 2 aromatic carbocycles. The molecule has 0 radical (unpaired) electrons. The van der Waals surface area contributed by atoms with Gasteiger partial charge in [-0.25, -0.2) is 0 Å². The third-order valence-electron chi connectivity index (χ3n) is 5.42. The average molecular weight is 356 g/mol. The molecule has 4 nitrogen and oxygen atoms in total. The first-order chi connectivity index (χ1) is 13.2. The van der Waals surface area contributed by atoms with E-state index in [1.165, 1.54) is 24.2 Å². The van der Waals surface area contributed by atoms with Gasteiger partial charge in [-0.1, -0.05) is 43.3 Å². The lowest BCUT2D eigenvalue weighted by atomic mass is 10.0. The summed E-state index contributed by atoms with van der Waals surface area (Å²) in [5.41, 5.74) is 5.23. The van der Waals surface area contributed by atoms with E-state index in [9.17, 15) is 0 Å². The molecule has 1 aromatic heterocycles. The van der Waals surface area contributed by atoms with Crippen molar-refractivity contribution in [2.75, 3.05) is 32.7 Å². The van der Waals surface area contributed by atoms with Gasteiger partial charge in [0, 0.05) is 44.3 Å². The van der Waals surface area contributed by atoms with Crippen molar-refractivity contribution in [3.05, 3.63) is 65.9 Å². The normalized spacial score (nSPS) is 15.7. The van der Waals surface area contributed by atoms with Gasteiger partial charge in [-0.15, -0.1) is 0 Å². The lowest BCUT2D eigenvalue weighted by Crippen LogP contribution is -2.45. The standard InChI is InChI=1S/C23H24N4/c1-2-26-9-11-27(12-10-26)17-18-3-5-20(6-4-18)21-7-8-22-13-19(15-24)16-25-23(22)14-21/h3-8,13-14,16H,2,9-12,17H2,1H3. The van der Waals surface area contributed by atoms with Gasteiger partial charge >= 0.3 is 0 Å². The van der Waals surface area contributed by atoms with Gasteiger partial charge in [-0.3, -0.25) is 9.88 Å². The Morgan fingerprint density at radius 3 is 2.33 bits per heavy atom. The lowest BCUT2D eigenvalue weighted by molar-refractivity contribution is 0.132. The maximum atomic E-state index is 9.00. The van der Waals surface area contributed by atoms with Crippen molar-refractivity contribution in [1.82, 2.24) is 14.8 Å². The van der Waals surface area contributed by atoms with Crippen LogP contribution in [0.5, 0.6) is 0 Å². The Labute approximate surface area is 160 Å². The molecule has 2 heterocycles. The largest absolute Gasteiger partial charge is 0.301 e. The number of piperazine rings is 1. The second-order valence-corrected chi connectivity index (χ2v) is 7.15. The van der Waals surface area contributed by atoms with Crippen LogP contribution in [-0.4, -0.2) is 47.5 Å². The van der Waals surface area contributed by atoms with E-state index in [0.717, 1.165) is 42.6 Å². The molecule has 1 fully saturated rings. The van der Waals surface area contributed by atoms with Crippen LogP contribution < -0.4 is 0 Å². The van der Waals surface area contributed by atoms with Gasteiger partial charge in [0.05, 0.1) is 11.1 Å². The van der Waals surface area contributed by atoms with Crippen LogP contribution in [0.1, 0.15) is 18.1 Å². The minimum Gasteiger partial charge on any atom is -0.301 e. The predicted octanol–water partition coefficient (Wildman–Crippen LogP) is 3.91. The summed E-state index contributed by atoms with van der Waals surface area (Å²) in [6.07, 6.45) is 1.63. The van der Waals surface area contributed by atoms with E-state index in [4.69, 9.17) is 5.26 Å². The number of hydrogen-bond acceptors (Lipinski definition) is 4. The van der Waals surface area contributed by atoms with Crippen molar-refractivity contribution in [1.29, 1.82) is 5.26 Å². The highest BCUT2D eigenvalue weighted by Crippen LogP contribution is 2.24. The van der Waals surface area contributed by atoms with E-state index in [-0.39, 0.29) is 0 Å². The van der Waals surface area contributed by atoms with Crippen LogP contribution in [0.15, 0.2) is 54.7 Å². The summed E-state index contributed by atoms with van der Waals surface area (Å²) in [4.78, 5) is 9.46. The summed E-state index contributed by atoms with van der Waals surface area (Å²) in [7, 11) is 0. The molecule has 0 bridgehead atoms. The fourth-order valence-corrected chi connectivity index (χ4v) is 3.69. The first-order valence-corrected chi connectivity index (χ1v) is 9.59. The van der Waals surface area contributed by atoms with Crippen LogP contribution in [-0.2, 0) is 6.54 Å². The number of fused-ring (bicyclic) bond motifs is 1. The van der Waals surface area contributed by atoms with Crippen LogP contribution in [0.3, 0.4) is 0 Å². The molecular formula is C23H24N4. The smallest absolute Gasteiger partial charge is 0.101 e. The molecule has 0 spiro atoms. The van der Waals surface area contributed by atoms with Crippen molar-refractivity contribution in [2.24, 2.45) is 0 Å². The van der Waals surface area contributed by atoms with E-state index in [1.54, 1.807) is 6.20 Å². The number of rotatable bonds is 4. The molecule has 0 atom stereocenters. The summed E-state index contributed by atoms with van der Waals surface area (Å²) in [6, 6.07) is 19.1. The Kier molecular flexibility index (Phi) is 5.15. The van der Waals surface area contributed by atoms with E-state index >= 15 is 0 Å². The third kappa shape index (κ3) is 4.00. The number of aromatic nitrogens is 1. The van der Waals surface area contributed by atoms with Crippen LogP contribution in [0.2, 0.25) is 0 Å².